The van der Waals surface area contributed by atoms with Gasteiger partial charge >= 0.3 is 0 Å². The van der Waals surface area contributed by atoms with E-state index in [0.717, 1.165) is 36.7 Å². The maximum atomic E-state index is 11.4. The Balaban J connectivity index is 1.66. The van der Waals surface area contributed by atoms with E-state index in [1.54, 1.807) is 0 Å². The minimum atomic E-state index is -2.81. The molecule has 1 atom stereocenters. The van der Waals surface area contributed by atoms with Crippen molar-refractivity contribution in [3.8, 4) is 0 Å². The Hall–Kier alpha value is -1.37. The van der Waals surface area contributed by atoms with Crippen molar-refractivity contribution in [2.45, 2.75) is 25.2 Å². The predicted molar refractivity (Wildman–Crippen MR) is 78.8 cm³/mol. The third-order valence-corrected chi connectivity index (χ3v) is 5.68. The second-order valence-electron chi connectivity index (χ2n) is 5.67. The van der Waals surface area contributed by atoms with E-state index >= 15 is 0 Å². The molecular weight excluding hydrogens is 276 g/mol. The summed E-state index contributed by atoms with van der Waals surface area (Å²) in [5, 5.41) is 6.31. The first-order valence-corrected chi connectivity index (χ1v) is 8.89. The molecule has 6 nitrogen and oxygen atoms in total. The molecule has 1 aliphatic carbocycles. The van der Waals surface area contributed by atoms with Gasteiger partial charge < -0.3 is 10.6 Å². The van der Waals surface area contributed by atoms with Gasteiger partial charge in [0.05, 0.1) is 11.5 Å². The van der Waals surface area contributed by atoms with Crippen LogP contribution in [0.2, 0.25) is 0 Å². The van der Waals surface area contributed by atoms with Crippen LogP contribution in [0, 0.1) is 5.92 Å². The number of rotatable bonds is 5. The van der Waals surface area contributed by atoms with Gasteiger partial charge in [-0.2, -0.15) is 0 Å². The molecule has 2 heterocycles. The quantitative estimate of drug-likeness (QED) is 0.850. The van der Waals surface area contributed by atoms with Crippen molar-refractivity contribution < 1.29 is 8.42 Å². The highest BCUT2D eigenvalue weighted by atomic mass is 32.2. The monoisotopic (exact) mass is 296 g/mol. The molecule has 1 unspecified atom stereocenters. The van der Waals surface area contributed by atoms with Gasteiger partial charge in [0.2, 0.25) is 0 Å². The standard InChI is InChI=1S/C13H20N4O2S/c1-14-11-6-12(17-13(16-11)10-2-3-10)15-7-9-4-5-20(18,19)8-9/h6,9-10H,2-5,7-8H2,1H3,(H2,14,15,16,17). The summed E-state index contributed by atoms with van der Waals surface area (Å²) in [6, 6.07) is 1.87. The summed E-state index contributed by atoms with van der Waals surface area (Å²) in [4.78, 5) is 8.99. The number of hydrogen-bond acceptors (Lipinski definition) is 6. The minimum absolute atomic E-state index is 0.192. The summed E-state index contributed by atoms with van der Waals surface area (Å²) >= 11 is 0. The summed E-state index contributed by atoms with van der Waals surface area (Å²) in [7, 11) is -0.970. The van der Waals surface area contributed by atoms with Crippen molar-refractivity contribution in [3.05, 3.63) is 11.9 Å². The molecule has 20 heavy (non-hydrogen) atoms. The fraction of sp³-hybridized carbons (Fsp3) is 0.692. The molecule has 0 amide bonds. The lowest BCUT2D eigenvalue weighted by Gasteiger charge is -2.12. The van der Waals surface area contributed by atoms with Gasteiger partial charge in [0.1, 0.15) is 17.5 Å². The number of aromatic nitrogens is 2. The first kappa shape index (κ1) is 13.6. The van der Waals surface area contributed by atoms with Crippen LogP contribution in [0.3, 0.4) is 0 Å². The SMILES string of the molecule is CNc1cc(NCC2CCS(=O)(=O)C2)nc(C2CC2)n1. The Morgan fingerprint density at radius 1 is 1.25 bits per heavy atom. The molecule has 2 fully saturated rings. The van der Waals surface area contributed by atoms with E-state index in [1.807, 2.05) is 13.1 Å². The third kappa shape index (κ3) is 3.20. The molecule has 1 aromatic rings. The molecule has 7 heteroatoms. The van der Waals surface area contributed by atoms with Gasteiger partial charge in [-0.1, -0.05) is 0 Å². The molecule has 1 aromatic heterocycles. The summed E-state index contributed by atoms with van der Waals surface area (Å²) < 4.78 is 22.9. The number of sulfone groups is 1. The smallest absolute Gasteiger partial charge is 0.150 e. The normalized spacial score (nSPS) is 24.6. The zero-order chi connectivity index (χ0) is 14.2. The fourth-order valence-electron chi connectivity index (χ4n) is 2.49. The average Bonchev–Trinajstić information content (AvgIpc) is 3.21. The Kier molecular flexibility index (Phi) is 3.54. The predicted octanol–water partition coefficient (Wildman–Crippen LogP) is 1.24. The van der Waals surface area contributed by atoms with E-state index in [-0.39, 0.29) is 5.92 Å². The molecule has 0 bridgehead atoms. The van der Waals surface area contributed by atoms with Crippen LogP contribution < -0.4 is 10.6 Å². The summed E-state index contributed by atoms with van der Waals surface area (Å²) in [5.41, 5.74) is 0. The zero-order valence-corrected chi connectivity index (χ0v) is 12.4. The fourth-order valence-corrected chi connectivity index (χ4v) is 4.35. The van der Waals surface area contributed by atoms with Crippen LogP contribution in [0.25, 0.3) is 0 Å². The highest BCUT2D eigenvalue weighted by Gasteiger charge is 2.29. The average molecular weight is 296 g/mol. The second kappa shape index (κ2) is 5.20. The van der Waals surface area contributed by atoms with Crippen LogP contribution in [-0.4, -0.2) is 43.5 Å². The lowest BCUT2D eigenvalue weighted by Crippen LogP contribution is -2.17. The zero-order valence-electron chi connectivity index (χ0n) is 11.6. The Labute approximate surface area is 119 Å². The van der Waals surface area contributed by atoms with Crippen molar-refractivity contribution >= 4 is 21.5 Å². The molecule has 0 spiro atoms. The molecule has 1 saturated carbocycles. The van der Waals surface area contributed by atoms with E-state index in [1.165, 1.54) is 0 Å². The van der Waals surface area contributed by atoms with Crippen molar-refractivity contribution in [1.82, 2.24) is 9.97 Å². The number of anilines is 2. The van der Waals surface area contributed by atoms with Crippen molar-refractivity contribution in [2.75, 3.05) is 35.7 Å². The van der Waals surface area contributed by atoms with Gasteiger partial charge in [-0.3, -0.25) is 0 Å². The highest BCUT2D eigenvalue weighted by Crippen LogP contribution is 2.38. The maximum absolute atomic E-state index is 11.4. The van der Waals surface area contributed by atoms with Gasteiger partial charge in [-0.15, -0.1) is 0 Å². The van der Waals surface area contributed by atoms with Crippen molar-refractivity contribution in [3.63, 3.8) is 0 Å². The molecule has 1 saturated heterocycles. The first-order chi connectivity index (χ1) is 9.55. The summed E-state index contributed by atoms with van der Waals surface area (Å²) in [6.45, 7) is 0.656. The molecule has 0 radical (unpaired) electrons. The summed E-state index contributed by atoms with van der Waals surface area (Å²) in [5.74, 6) is 3.78. The van der Waals surface area contributed by atoms with E-state index in [2.05, 4.69) is 20.6 Å². The number of hydrogen-bond donors (Lipinski definition) is 2. The molecule has 1 aliphatic heterocycles. The molecular formula is C13H20N4O2S. The lowest BCUT2D eigenvalue weighted by molar-refractivity contribution is 0.595. The van der Waals surface area contributed by atoms with Crippen LogP contribution in [0.4, 0.5) is 11.6 Å². The topological polar surface area (TPSA) is 84.0 Å². The number of nitrogens with one attached hydrogen (secondary N) is 2. The highest BCUT2D eigenvalue weighted by molar-refractivity contribution is 7.91. The van der Waals surface area contributed by atoms with E-state index in [4.69, 9.17) is 0 Å². The Morgan fingerprint density at radius 3 is 2.60 bits per heavy atom. The van der Waals surface area contributed by atoms with Gasteiger partial charge in [-0.05, 0) is 25.2 Å². The lowest BCUT2D eigenvalue weighted by atomic mass is 10.1. The number of nitrogens with zero attached hydrogens (tertiary/aromatic N) is 2. The largest absolute Gasteiger partial charge is 0.373 e. The van der Waals surface area contributed by atoms with Crippen LogP contribution >= 0.6 is 0 Å². The molecule has 2 aliphatic rings. The molecule has 110 valence electrons. The molecule has 2 N–H and O–H groups in total. The van der Waals surface area contributed by atoms with Crippen molar-refractivity contribution in [2.24, 2.45) is 5.92 Å². The molecule has 3 rings (SSSR count). The van der Waals surface area contributed by atoms with Crippen LogP contribution in [0.15, 0.2) is 6.07 Å². The van der Waals surface area contributed by atoms with Gasteiger partial charge in [0, 0.05) is 25.6 Å². The van der Waals surface area contributed by atoms with Gasteiger partial charge in [-0.25, -0.2) is 18.4 Å². The Bertz CT molecular complexity index is 598. The van der Waals surface area contributed by atoms with E-state index < -0.39 is 9.84 Å². The minimum Gasteiger partial charge on any atom is -0.373 e. The second-order valence-corrected chi connectivity index (χ2v) is 7.90. The molecule has 0 aromatic carbocycles. The van der Waals surface area contributed by atoms with Crippen LogP contribution in [0.1, 0.15) is 31.0 Å². The third-order valence-electron chi connectivity index (χ3n) is 3.84. The maximum Gasteiger partial charge on any atom is 0.150 e. The van der Waals surface area contributed by atoms with E-state index in [0.29, 0.717) is 24.0 Å². The van der Waals surface area contributed by atoms with E-state index in [9.17, 15) is 8.42 Å². The van der Waals surface area contributed by atoms with Crippen LogP contribution in [0.5, 0.6) is 0 Å². The van der Waals surface area contributed by atoms with Gasteiger partial charge in [0.25, 0.3) is 0 Å². The summed E-state index contributed by atoms with van der Waals surface area (Å²) in [6.07, 6.45) is 3.07. The Morgan fingerprint density at radius 2 is 2.00 bits per heavy atom. The van der Waals surface area contributed by atoms with Crippen LogP contribution in [-0.2, 0) is 9.84 Å². The van der Waals surface area contributed by atoms with Crippen molar-refractivity contribution in [1.29, 1.82) is 0 Å². The first-order valence-electron chi connectivity index (χ1n) is 7.07. The van der Waals surface area contributed by atoms with Gasteiger partial charge in [0.15, 0.2) is 9.84 Å².